The molecule has 2 rings (SSSR count). The second kappa shape index (κ2) is 4.80. The quantitative estimate of drug-likeness (QED) is 0.903. The molecule has 1 N–H and O–H groups in total. The average molecular weight is 247 g/mol. The van der Waals surface area contributed by atoms with Crippen LogP contribution in [0.2, 0.25) is 0 Å². The van der Waals surface area contributed by atoms with Crippen molar-refractivity contribution in [3.8, 4) is 0 Å². The average Bonchev–Trinajstić information content (AvgIpc) is 2.50. The smallest absolute Gasteiger partial charge is 0.125 e. The number of anilines is 1. The molecule has 4 heteroatoms. The maximum absolute atomic E-state index is 13.3. The van der Waals surface area contributed by atoms with Crippen LogP contribution in [0.1, 0.15) is 22.5 Å². The zero-order valence-electron chi connectivity index (χ0n) is 11.2. The Labute approximate surface area is 107 Å². The number of nitrogens with one attached hydrogen (secondary N) is 1. The van der Waals surface area contributed by atoms with Crippen molar-refractivity contribution in [1.82, 2.24) is 9.78 Å². The van der Waals surface area contributed by atoms with E-state index in [0.717, 1.165) is 22.6 Å². The number of halogens is 1. The van der Waals surface area contributed by atoms with E-state index >= 15 is 0 Å². The number of rotatable bonds is 3. The Kier molecular flexibility index (Phi) is 3.36. The third-order valence-corrected chi connectivity index (χ3v) is 3.17. The summed E-state index contributed by atoms with van der Waals surface area (Å²) in [6, 6.07) is 4.96. The molecule has 0 amide bonds. The van der Waals surface area contributed by atoms with Crippen LogP contribution in [0.3, 0.4) is 0 Å². The van der Waals surface area contributed by atoms with Crippen LogP contribution in [0.15, 0.2) is 18.2 Å². The van der Waals surface area contributed by atoms with Crippen LogP contribution < -0.4 is 5.32 Å². The van der Waals surface area contributed by atoms with Crippen LogP contribution >= 0.6 is 0 Å². The predicted molar refractivity (Wildman–Crippen MR) is 71.1 cm³/mol. The molecule has 0 aliphatic rings. The second-order valence-corrected chi connectivity index (χ2v) is 4.64. The van der Waals surface area contributed by atoms with E-state index in [9.17, 15) is 4.39 Å². The van der Waals surface area contributed by atoms with E-state index in [0.29, 0.717) is 6.54 Å². The van der Waals surface area contributed by atoms with Crippen molar-refractivity contribution >= 4 is 5.69 Å². The number of hydrogen-bond acceptors (Lipinski definition) is 2. The third-order valence-electron chi connectivity index (χ3n) is 3.17. The Hall–Kier alpha value is -1.84. The summed E-state index contributed by atoms with van der Waals surface area (Å²) >= 11 is 0. The van der Waals surface area contributed by atoms with Crippen molar-refractivity contribution in [3.05, 3.63) is 46.5 Å². The summed E-state index contributed by atoms with van der Waals surface area (Å²) < 4.78 is 15.1. The zero-order valence-corrected chi connectivity index (χ0v) is 11.2. The Morgan fingerprint density at radius 3 is 2.50 bits per heavy atom. The van der Waals surface area contributed by atoms with Crippen molar-refractivity contribution in [3.63, 3.8) is 0 Å². The van der Waals surface area contributed by atoms with Gasteiger partial charge in [-0.1, -0.05) is 0 Å². The lowest BCUT2D eigenvalue weighted by atomic mass is 10.1. The first kappa shape index (κ1) is 12.6. The van der Waals surface area contributed by atoms with Gasteiger partial charge in [-0.05, 0) is 44.5 Å². The molecule has 0 radical (unpaired) electrons. The predicted octanol–water partition coefficient (Wildman–Crippen LogP) is 3.10. The molecule has 1 aromatic carbocycles. The van der Waals surface area contributed by atoms with E-state index in [1.54, 1.807) is 0 Å². The van der Waals surface area contributed by atoms with Crippen molar-refractivity contribution in [2.75, 3.05) is 5.32 Å². The van der Waals surface area contributed by atoms with Gasteiger partial charge in [-0.15, -0.1) is 0 Å². The molecule has 0 bridgehead atoms. The van der Waals surface area contributed by atoms with Gasteiger partial charge in [0.1, 0.15) is 5.82 Å². The van der Waals surface area contributed by atoms with Crippen LogP contribution in [-0.4, -0.2) is 9.78 Å². The lowest BCUT2D eigenvalue weighted by molar-refractivity contribution is 0.627. The van der Waals surface area contributed by atoms with Gasteiger partial charge in [-0.3, -0.25) is 4.68 Å². The molecule has 0 saturated carbocycles. The topological polar surface area (TPSA) is 29.9 Å². The number of hydrogen-bond donors (Lipinski definition) is 1. The largest absolute Gasteiger partial charge is 0.381 e. The van der Waals surface area contributed by atoms with E-state index in [4.69, 9.17) is 0 Å². The van der Waals surface area contributed by atoms with Crippen LogP contribution in [0.25, 0.3) is 0 Å². The SMILES string of the molecule is Cc1cc(F)cc(NCc2c(C)nn(C)c2C)c1. The molecule has 18 heavy (non-hydrogen) atoms. The lowest BCUT2D eigenvalue weighted by Crippen LogP contribution is -2.03. The molecule has 0 fully saturated rings. The van der Waals surface area contributed by atoms with Crippen molar-refractivity contribution in [2.45, 2.75) is 27.3 Å². The fraction of sp³-hybridized carbons (Fsp3) is 0.357. The fourth-order valence-corrected chi connectivity index (χ4v) is 2.10. The van der Waals surface area contributed by atoms with Crippen molar-refractivity contribution in [1.29, 1.82) is 0 Å². The monoisotopic (exact) mass is 247 g/mol. The summed E-state index contributed by atoms with van der Waals surface area (Å²) in [5.41, 5.74) is 5.02. The van der Waals surface area contributed by atoms with Crippen molar-refractivity contribution in [2.24, 2.45) is 7.05 Å². The highest BCUT2D eigenvalue weighted by molar-refractivity contribution is 5.47. The summed E-state index contributed by atoms with van der Waals surface area (Å²) in [5, 5.41) is 7.60. The Balaban J connectivity index is 2.16. The van der Waals surface area contributed by atoms with E-state index in [1.807, 2.05) is 38.6 Å². The number of aromatic nitrogens is 2. The molecule has 0 unspecified atom stereocenters. The molecule has 1 aromatic heterocycles. The molecule has 0 aliphatic heterocycles. The van der Waals surface area contributed by atoms with Crippen LogP contribution in [0, 0.1) is 26.6 Å². The Bertz CT molecular complexity index is 552. The molecule has 2 aromatic rings. The van der Waals surface area contributed by atoms with Gasteiger partial charge in [-0.25, -0.2) is 4.39 Å². The Morgan fingerprint density at radius 2 is 1.94 bits per heavy atom. The molecule has 0 atom stereocenters. The third kappa shape index (κ3) is 2.53. The molecule has 1 heterocycles. The molecule has 0 aliphatic carbocycles. The highest BCUT2D eigenvalue weighted by atomic mass is 19.1. The Morgan fingerprint density at radius 1 is 1.22 bits per heavy atom. The van der Waals surface area contributed by atoms with Gasteiger partial charge in [-0.2, -0.15) is 5.10 Å². The highest BCUT2D eigenvalue weighted by Gasteiger charge is 2.08. The minimum absolute atomic E-state index is 0.211. The van der Waals surface area contributed by atoms with E-state index in [1.165, 1.54) is 17.7 Å². The molecule has 3 nitrogen and oxygen atoms in total. The molecular formula is C14H18FN3. The number of nitrogens with zero attached hydrogens (tertiary/aromatic N) is 2. The van der Waals surface area contributed by atoms with Gasteiger partial charge in [0.05, 0.1) is 5.69 Å². The molecular weight excluding hydrogens is 229 g/mol. The molecule has 96 valence electrons. The van der Waals surface area contributed by atoms with E-state index in [2.05, 4.69) is 10.4 Å². The minimum Gasteiger partial charge on any atom is -0.381 e. The standard InChI is InChI=1S/C14H18FN3/c1-9-5-12(15)7-13(6-9)16-8-14-10(2)17-18(4)11(14)3/h5-7,16H,8H2,1-4H3. The van der Waals surface area contributed by atoms with Crippen LogP contribution in [0.5, 0.6) is 0 Å². The number of aryl methyl sites for hydroxylation is 3. The molecule has 0 saturated heterocycles. The van der Waals surface area contributed by atoms with Gasteiger partial charge >= 0.3 is 0 Å². The minimum atomic E-state index is -0.211. The van der Waals surface area contributed by atoms with Gasteiger partial charge in [0.25, 0.3) is 0 Å². The summed E-state index contributed by atoms with van der Waals surface area (Å²) in [4.78, 5) is 0. The maximum Gasteiger partial charge on any atom is 0.125 e. The first-order chi connectivity index (χ1) is 8.47. The lowest BCUT2D eigenvalue weighted by Gasteiger charge is -2.08. The molecule has 0 spiro atoms. The van der Waals surface area contributed by atoms with E-state index in [-0.39, 0.29) is 5.82 Å². The van der Waals surface area contributed by atoms with E-state index < -0.39 is 0 Å². The summed E-state index contributed by atoms with van der Waals surface area (Å²) in [6.45, 7) is 6.57. The summed E-state index contributed by atoms with van der Waals surface area (Å²) in [5.74, 6) is -0.211. The summed E-state index contributed by atoms with van der Waals surface area (Å²) in [6.07, 6.45) is 0. The maximum atomic E-state index is 13.3. The highest BCUT2D eigenvalue weighted by Crippen LogP contribution is 2.17. The van der Waals surface area contributed by atoms with Gasteiger partial charge in [0.2, 0.25) is 0 Å². The van der Waals surface area contributed by atoms with Crippen LogP contribution in [0.4, 0.5) is 10.1 Å². The van der Waals surface area contributed by atoms with Crippen molar-refractivity contribution < 1.29 is 4.39 Å². The fourth-order valence-electron chi connectivity index (χ4n) is 2.10. The van der Waals surface area contributed by atoms with Gasteiger partial charge in [0, 0.05) is 30.5 Å². The first-order valence-corrected chi connectivity index (χ1v) is 5.97. The second-order valence-electron chi connectivity index (χ2n) is 4.64. The number of benzene rings is 1. The first-order valence-electron chi connectivity index (χ1n) is 5.97. The van der Waals surface area contributed by atoms with Gasteiger partial charge < -0.3 is 5.32 Å². The van der Waals surface area contributed by atoms with Crippen LogP contribution in [-0.2, 0) is 13.6 Å². The summed E-state index contributed by atoms with van der Waals surface area (Å²) in [7, 11) is 1.93. The van der Waals surface area contributed by atoms with Gasteiger partial charge in [0.15, 0.2) is 0 Å². The normalized spacial score (nSPS) is 10.7. The zero-order chi connectivity index (χ0) is 13.3.